The second kappa shape index (κ2) is 9.11. The fourth-order valence-electron chi connectivity index (χ4n) is 2.78. The van der Waals surface area contributed by atoms with Crippen molar-refractivity contribution < 1.29 is 0 Å². The first-order valence-electron chi connectivity index (χ1n) is 7.88. The molecular weight excluding hydrogens is 330 g/mol. The van der Waals surface area contributed by atoms with Crippen molar-refractivity contribution in [2.24, 2.45) is 0 Å². The van der Waals surface area contributed by atoms with Gasteiger partial charge in [-0.25, -0.2) is 0 Å². The van der Waals surface area contributed by atoms with Gasteiger partial charge in [0.25, 0.3) is 0 Å². The Labute approximate surface area is 136 Å². The van der Waals surface area contributed by atoms with Crippen LogP contribution in [-0.2, 0) is 6.42 Å². The average molecular weight is 356 g/mol. The number of benzene rings is 1. The van der Waals surface area contributed by atoms with Crippen LogP contribution in [0.4, 0.5) is 0 Å². The molecule has 0 heterocycles. The second-order valence-corrected chi connectivity index (χ2v) is 7.87. The molecule has 1 N–H and O–H groups in total. The van der Waals surface area contributed by atoms with Crippen LogP contribution in [0.25, 0.3) is 0 Å². The first-order valence-corrected chi connectivity index (χ1v) is 9.72. The average Bonchev–Trinajstić information content (AvgIpc) is 2.97. The highest BCUT2D eigenvalue weighted by molar-refractivity contribution is 9.10. The van der Waals surface area contributed by atoms with Crippen LogP contribution in [-0.4, -0.2) is 23.6 Å². The van der Waals surface area contributed by atoms with Crippen LogP contribution in [0.15, 0.2) is 28.7 Å². The van der Waals surface area contributed by atoms with Crippen molar-refractivity contribution in [3.63, 3.8) is 0 Å². The summed E-state index contributed by atoms with van der Waals surface area (Å²) in [5, 5.41) is 4.64. The molecule has 0 saturated heterocycles. The van der Waals surface area contributed by atoms with Crippen molar-refractivity contribution in [2.75, 3.05) is 12.3 Å². The molecule has 1 saturated carbocycles. The van der Waals surface area contributed by atoms with Gasteiger partial charge in [-0.15, -0.1) is 0 Å². The van der Waals surface area contributed by atoms with E-state index in [2.05, 4.69) is 64.2 Å². The van der Waals surface area contributed by atoms with Crippen LogP contribution in [0.2, 0.25) is 0 Å². The summed E-state index contributed by atoms with van der Waals surface area (Å²) < 4.78 is 1.24. The van der Waals surface area contributed by atoms with E-state index >= 15 is 0 Å². The van der Waals surface area contributed by atoms with Gasteiger partial charge in [0.15, 0.2) is 0 Å². The molecule has 20 heavy (non-hydrogen) atoms. The Morgan fingerprint density at radius 1 is 1.30 bits per heavy atom. The Bertz CT molecular complexity index is 390. The van der Waals surface area contributed by atoms with Gasteiger partial charge in [-0.1, -0.05) is 53.9 Å². The first kappa shape index (κ1) is 16.4. The van der Waals surface area contributed by atoms with E-state index in [1.165, 1.54) is 47.9 Å². The van der Waals surface area contributed by atoms with E-state index in [1.807, 2.05) is 0 Å². The van der Waals surface area contributed by atoms with Gasteiger partial charge in [0.2, 0.25) is 0 Å². The Kier molecular flexibility index (Phi) is 7.47. The van der Waals surface area contributed by atoms with E-state index in [9.17, 15) is 0 Å². The molecule has 0 amide bonds. The molecule has 1 atom stereocenters. The van der Waals surface area contributed by atoms with Crippen molar-refractivity contribution in [1.29, 1.82) is 0 Å². The summed E-state index contributed by atoms with van der Waals surface area (Å²) in [7, 11) is 0. The summed E-state index contributed by atoms with van der Waals surface area (Å²) in [5.41, 5.74) is 1.42. The van der Waals surface area contributed by atoms with Gasteiger partial charge in [0.05, 0.1) is 0 Å². The van der Waals surface area contributed by atoms with E-state index in [4.69, 9.17) is 0 Å². The second-order valence-electron chi connectivity index (χ2n) is 5.69. The Morgan fingerprint density at radius 3 is 2.75 bits per heavy atom. The molecule has 3 heteroatoms. The number of rotatable bonds is 8. The largest absolute Gasteiger partial charge is 0.313 e. The molecule has 0 radical (unpaired) electrons. The van der Waals surface area contributed by atoms with Crippen molar-refractivity contribution in [2.45, 2.75) is 56.7 Å². The van der Waals surface area contributed by atoms with Gasteiger partial charge >= 0.3 is 0 Å². The van der Waals surface area contributed by atoms with Gasteiger partial charge < -0.3 is 5.32 Å². The van der Waals surface area contributed by atoms with E-state index in [1.54, 1.807) is 0 Å². The third-order valence-electron chi connectivity index (χ3n) is 3.94. The monoisotopic (exact) mass is 355 g/mol. The topological polar surface area (TPSA) is 12.0 Å². The van der Waals surface area contributed by atoms with Crippen molar-refractivity contribution in [3.05, 3.63) is 34.3 Å². The lowest BCUT2D eigenvalue weighted by Gasteiger charge is -2.21. The number of hydrogen-bond acceptors (Lipinski definition) is 2. The molecular formula is C17H26BrNS. The molecule has 1 aromatic rings. The maximum Gasteiger partial charge on any atom is 0.0207 e. The van der Waals surface area contributed by atoms with E-state index < -0.39 is 0 Å². The number of thioether (sulfide) groups is 1. The van der Waals surface area contributed by atoms with Crippen LogP contribution < -0.4 is 5.32 Å². The van der Waals surface area contributed by atoms with E-state index in [0.29, 0.717) is 6.04 Å². The lowest BCUT2D eigenvalue weighted by Crippen LogP contribution is -2.34. The predicted octanol–water partition coefficient (Wildman–Crippen LogP) is 5.04. The zero-order valence-electron chi connectivity index (χ0n) is 12.4. The fourth-order valence-corrected chi connectivity index (χ4v) is 4.63. The maximum absolute atomic E-state index is 3.73. The van der Waals surface area contributed by atoms with Crippen LogP contribution >= 0.6 is 27.7 Å². The van der Waals surface area contributed by atoms with Crippen LogP contribution in [0.5, 0.6) is 0 Å². The van der Waals surface area contributed by atoms with Crippen LogP contribution in [0.1, 0.15) is 44.6 Å². The van der Waals surface area contributed by atoms with E-state index in [-0.39, 0.29) is 0 Å². The zero-order valence-corrected chi connectivity index (χ0v) is 14.8. The van der Waals surface area contributed by atoms with Gasteiger partial charge in [0, 0.05) is 21.5 Å². The third kappa shape index (κ3) is 5.42. The number of nitrogens with one attached hydrogen (secondary N) is 1. The summed E-state index contributed by atoms with van der Waals surface area (Å²) in [6.45, 7) is 3.37. The molecule has 0 aromatic heterocycles. The number of halogens is 1. The van der Waals surface area contributed by atoms with Crippen LogP contribution in [0.3, 0.4) is 0 Å². The molecule has 1 unspecified atom stereocenters. The molecule has 112 valence electrons. The smallest absolute Gasteiger partial charge is 0.0207 e. The standard InChI is InChI=1S/C17H26BrNS/c1-2-11-19-15(13-20-16-8-4-5-9-16)12-14-7-3-6-10-17(14)18/h3,6-7,10,15-16,19H,2,4-5,8-9,11-13H2,1H3. The Hall–Kier alpha value is 0.01000. The number of hydrogen-bond donors (Lipinski definition) is 1. The summed E-state index contributed by atoms with van der Waals surface area (Å²) in [6.07, 6.45) is 8.08. The third-order valence-corrected chi connectivity index (χ3v) is 6.25. The highest BCUT2D eigenvalue weighted by Crippen LogP contribution is 2.30. The van der Waals surface area contributed by atoms with Crippen molar-refractivity contribution in [1.82, 2.24) is 5.32 Å². The SMILES string of the molecule is CCCNC(CSC1CCCC1)Cc1ccccc1Br. The summed E-state index contributed by atoms with van der Waals surface area (Å²) >= 11 is 5.87. The van der Waals surface area contributed by atoms with Gasteiger partial charge in [-0.2, -0.15) is 11.8 Å². The molecule has 1 nitrogen and oxygen atoms in total. The fraction of sp³-hybridized carbons (Fsp3) is 0.647. The summed E-state index contributed by atoms with van der Waals surface area (Å²) in [5.74, 6) is 1.24. The highest BCUT2D eigenvalue weighted by Gasteiger charge is 2.18. The molecule has 2 rings (SSSR count). The molecule has 0 bridgehead atoms. The highest BCUT2D eigenvalue weighted by atomic mass is 79.9. The Morgan fingerprint density at radius 2 is 2.05 bits per heavy atom. The normalized spacial score (nSPS) is 17.5. The van der Waals surface area contributed by atoms with E-state index in [0.717, 1.165) is 18.2 Å². The predicted molar refractivity (Wildman–Crippen MR) is 94.6 cm³/mol. The first-order chi connectivity index (χ1) is 9.79. The lowest BCUT2D eigenvalue weighted by atomic mass is 10.1. The zero-order chi connectivity index (χ0) is 14.2. The summed E-state index contributed by atoms with van der Waals surface area (Å²) in [6, 6.07) is 9.22. The molecule has 0 spiro atoms. The summed E-state index contributed by atoms with van der Waals surface area (Å²) in [4.78, 5) is 0. The molecule has 1 aromatic carbocycles. The quantitative estimate of drug-likeness (QED) is 0.701. The van der Waals surface area contributed by atoms with Gasteiger partial charge in [0.1, 0.15) is 0 Å². The minimum absolute atomic E-state index is 0.597. The maximum atomic E-state index is 3.73. The lowest BCUT2D eigenvalue weighted by molar-refractivity contribution is 0.549. The molecule has 1 aliphatic rings. The molecule has 1 aliphatic carbocycles. The van der Waals surface area contributed by atoms with Gasteiger partial charge in [-0.05, 0) is 43.9 Å². The minimum Gasteiger partial charge on any atom is -0.313 e. The molecule has 1 fully saturated rings. The van der Waals surface area contributed by atoms with Crippen molar-refractivity contribution in [3.8, 4) is 0 Å². The van der Waals surface area contributed by atoms with Gasteiger partial charge in [-0.3, -0.25) is 0 Å². The minimum atomic E-state index is 0.597. The van der Waals surface area contributed by atoms with Crippen LogP contribution in [0, 0.1) is 0 Å². The van der Waals surface area contributed by atoms with Crippen molar-refractivity contribution >= 4 is 27.7 Å². The molecule has 0 aliphatic heterocycles. The Balaban J connectivity index is 1.87.